The molecular weight excluding hydrogens is 292 g/mol. The van der Waals surface area contributed by atoms with Crippen molar-refractivity contribution in [1.29, 1.82) is 0 Å². The van der Waals surface area contributed by atoms with Gasteiger partial charge in [0.05, 0.1) is 0 Å². The third kappa shape index (κ3) is 3.51. The van der Waals surface area contributed by atoms with E-state index in [0.29, 0.717) is 0 Å². The first kappa shape index (κ1) is 16.5. The lowest BCUT2D eigenvalue weighted by Gasteiger charge is -2.27. The van der Waals surface area contributed by atoms with Crippen molar-refractivity contribution in [3.05, 3.63) is 29.8 Å². The summed E-state index contributed by atoms with van der Waals surface area (Å²) in [6.07, 6.45) is 0. The molecule has 0 radical (unpaired) electrons. The van der Waals surface area contributed by atoms with E-state index < -0.39 is 44.0 Å². The maximum absolute atomic E-state index is 13.5. The molecule has 0 heterocycles. The van der Waals surface area contributed by atoms with Crippen molar-refractivity contribution >= 4 is 16.0 Å². The maximum atomic E-state index is 13.5. The fourth-order valence-corrected chi connectivity index (χ4v) is 3.08. The van der Waals surface area contributed by atoms with E-state index >= 15 is 0 Å². The Morgan fingerprint density at radius 3 is 2.05 bits per heavy atom. The minimum atomic E-state index is -4.63. The van der Waals surface area contributed by atoms with Crippen LogP contribution in [0.2, 0.25) is 0 Å². The van der Waals surface area contributed by atoms with Gasteiger partial charge >= 0.3 is 5.97 Å². The van der Waals surface area contributed by atoms with Crippen LogP contribution >= 0.6 is 0 Å². The third-order valence-corrected chi connectivity index (χ3v) is 4.05. The number of rotatable bonds is 4. The predicted octanol–water partition coefficient (Wildman–Crippen LogP) is 1.74. The van der Waals surface area contributed by atoms with Gasteiger partial charge in [-0.1, -0.05) is 26.8 Å². The molecule has 1 atom stereocenters. The van der Waals surface area contributed by atoms with Gasteiger partial charge in [0.15, 0.2) is 4.90 Å². The molecule has 0 fully saturated rings. The van der Waals surface area contributed by atoms with Crippen molar-refractivity contribution in [2.75, 3.05) is 0 Å². The molecule has 0 aromatic heterocycles. The SMILES string of the molecule is CC(C)(C)C(NS(=O)(=O)c1c(F)cccc1F)C(=O)O. The molecular formula is C12H15F2NO4S. The molecule has 0 aliphatic heterocycles. The Kier molecular flexibility index (Phi) is 4.50. The van der Waals surface area contributed by atoms with Crippen LogP contribution in [0.25, 0.3) is 0 Å². The van der Waals surface area contributed by atoms with E-state index in [1.165, 1.54) is 20.8 Å². The number of benzene rings is 1. The van der Waals surface area contributed by atoms with Gasteiger partial charge in [0.25, 0.3) is 0 Å². The summed E-state index contributed by atoms with van der Waals surface area (Å²) in [5, 5.41) is 9.04. The molecule has 0 amide bonds. The molecule has 0 saturated heterocycles. The van der Waals surface area contributed by atoms with Crippen LogP contribution in [0.15, 0.2) is 23.1 Å². The highest BCUT2D eigenvalue weighted by Crippen LogP contribution is 2.24. The minimum absolute atomic E-state index is 0.782. The molecule has 1 unspecified atom stereocenters. The predicted molar refractivity (Wildman–Crippen MR) is 67.6 cm³/mol. The molecule has 0 spiro atoms. The molecule has 0 bridgehead atoms. The molecule has 5 nitrogen and oxygen atoms in total. The van der Waals surface area contributed by atoms with Crippen molar-refractivity contribution < 1.29 is 27.1 Å². The molecule has 1 rings (SSSR count). The third-order valence-electron chi connectivity index (χ3n) is 2.57. The quantitative estimate of drug-likeness (QED) is 0.887. The number of sulfonamides is 1. The fraction of sp³-hybridized carbons (Fsp3) is 0.417. The number of nitrogens with one attached hydrogen (secondary N) is 1. The average molecular weight is 307 g/mol. The van der Waals surface area contributed by atoms with Crippen LogP contribution in [-0.4, -0.2) is 25.5 Å². The highest BCUT2D eigenvalue weighted by atomic mass is 32.2. The fourth-order valence-electron chi connectivity index (χ4n) is 1.55. The number of carbonyl (C=O) groups is 1. The Morgan fingerprint density at radius 2 is 1.70 bits per heavy atom. The van der Waals surface area contributed by atoms with Crippen LogP contribution in [-0.2, 0) is 14.8 Å². The van der Waals surface area contributed by atoms with E-state index in [1.807, 2.05) is 4.72 Å². The highest BCUT2D eigenvalue weighted by Gasteiger charge is 2.37. The first-order chi connectivity index (χ1) is 8.97. The topological polar surface area (TPSA) is 83.5 Å². The maximum Gasteiger partial charge on any atom is 0.322 e. The molecule has 0 aliphatic carbocycles. The summed E-state index contributed by atoms with van der Waals surface area (Å²) < 4.78 is 52.8. The molecule has 8 heteroatoms. The normalized spacial score (nSPS) is 14.1. The Bertz CT molecular complexity index is 603. The standard InChI is InChI=1S/C12H15F2NO4S/c1-12(2,3)10(11(16)17)15-20(18,19)9-7(13)5-4-6-8(9)14/h4-6,10,15H,1-3H3,(H,16,17). The summed E-state index contributed by atoms with van der Waals surface area (Å²) in [5.74, 6) is -4.00. The number of hydrogen-bond acceptors (Lipinski definition) is 3. The zero-order valence-corrected chi connectivity index (χ0v) is 12.0. The van der Waals surface area contributed by atoms with E-state index in [0.717, 1.165) is 18.2 Å². The Balaban J connectivity index is 3.28. The van der Waals surface area contributed by atoms with Crippen LogP contribution in [0, 0.1) is 17.0 Å². The second-order valence-corrected chi connectivity index (χ2v) is 6.96. The van der Waals surface area contributed by atoms with Crippen molar-refractivity contribution in [1.82, 2.24) is 4.72 Å². The molecule has 2 N–H and O–H groups in total. The van der Waals surface area contributed by atoms with Crippen LogP contribution < -0.4 is 4.72 Å². The first-order valence-electron chi connectivity index (χ1n) is 5.66. The monoisotopic (exact) mass is 307 g/mol. The smallest absolute Gasteiger partial charge is 0.322 e. The van der Waals surface area contributed by atoms with Crippen LogP contribution in [0.1, 0.15) is 20.8 Å². The summed E-state index contributed by atoms with van der Waals surface area (Å²) in [4.78, 5) is 9.93. The van der Waals surface area contributed by atoms with Gasteiger partial charge in [-0.3, -0.25) is 4.79 Å². The second kappa shape index (κ2) is 5.45. The Morgan fingerprint density at radius 1 is 1.25 bits per heavy atom. The first-order valence-corrected chi connectivity index (χ1v) is 7.14. The molecule has 0 saturated carbocycles. The van der Waals surface area contributed by atoms with Gasteiger partial charge in [0, 0.05) is 0 Å². The van der Waals surface area contributed by atoms with Gasteiger partial charge in [0.2, 0.25) is 10.0 Å². The van der Waals surface area contributed by atoms with E-state index in [2.05, 4.69) is 0 Å². The lowest BCUT2D eigenvalue weighted by molar-refractivity contribution is -0.141. The molecule has 20 heavy (non-hydrogen) atoms. The van der Waals surface area contributed by atoms with Crippen molar-refractivity contribution in [3.8, 4) is 0 Å². The zero-order chi connectivity index (χ0) is 15.7. The van der Waals surface area contributed by atoms with E-state index in [-0.39, 0.29) is 0 Å². The zero-order valence-electron chi connectivity index (χ0n) is 11.1. The van der Waals surface area contributed by atoms with Gasteiger partial charge in [-0.2, -0.15) is 4.72 Å². The highest BCUT2D eigenvalue weighted by molar-refractivity contribution is 7.89. The van der Waals surface area contributed by atoms with E-state index in [4.69, 9.17) is 5.11 Å². The lowest BCUT2D eigenvalue weighted by Crippen LogP contribution is -2.49. The second-order valence-electron chi connectivity index (χ2n) is 5.31. The number of carboxylic acid groups (broad SMARTS) is 1. The minimum Gasteiger partial charge on any atom is -0.480 e. The van der Waals surface area contributed by atoms with Gasteiger partial charge in [0.1, 0.15) is 17.7 Å². The van der Waals surface area contributed by atoms with Crippen LogP contribution in [0.3, 0.4) is 0 Å². The summed E-state index contributed by atoms with van der Waals surface area (Å²) in [6, 6.07) is 1.06. The van der Waals surface area contributed by atoms with Crippen molar-refractivity contribution in [2.24, 2.45) is 5.41 Å². The van der Waals surface area contributed by atoms with Crippen molar-refractivity contribution in [3.63, 3.8) is 0 Å². The molecule has 1 aromatic carbocycles. The summed E-state index contributed by atoms with van der Waals surface area (Å²) >= 11 is 0. The summed E-state index contributed by atoms with van der Waals surface area (Å²) in [5.41, 5.74) is -0.972. The lowest BCUT2D eigenvalue weighted by atomic mass is 9.88. The number of halogens is 2. The number of hydrogen-bond donors (Lipinski definition) is 2. The number of carboxylic acids is 1. The van der Waals surface area contributed by atoms with Crippen LogP contribution in [0.5, 0.6) is 0 Å². The van der Waals surface area contributed by atoms with Gasteiger partial charge < -0.3 is 5.11 Å². The molecule has 112 valence electrons. The van der Waals surface area contributed by atoms with E-state index in [9.17, 15) is 22.0 Å². The largest absolute Gasteiger partial charge is 0.480 e. The molecule has 1 aromatic rings. The Hall–Kier alpha value is -1.54. The van der Waals surface area contributed by atoms with Gasteiger partial charge in [-0.15, -0.1) is 0 Å². The summed E-state index contributed by atoms with van der Waals surface area (Å²) in [7, 11) is -4.63. The van der Waals surface area contributed by atoms with Crippen LogP contribution in [0.4, 0.5) is 8.78 Å². The van der Waals surface area contributed by atoms with E-state index in [1.54, 1.807) is 0 Å². The Labute approximate surface area is 115 Å². The van der Waals surface area contributed by atoms with Crippen molar-refractivity contribution in [2.45, 2.75) is 31.7 Å². The summed E-state index contributed by atoms with van der Waals surface area (Å²) in [6.45, 7) is 4.48. The van der Waals surface area contributed by atoms with Gasteiger partial charge in [-0.05, 0) is 17.5 Å². The van der Waals surface area contributed by atoms with Gasteiger partial charge in [-0.25, -0.2) is 17.2 Å². The number of aliphatic carboxylic acids is 1. The average Bonchev–Trinajstić information content (AvgIpc) is 2.23. The molecule has 0 aliphatic rings.